The Bertz CT molecular complexity index is 3400. The van der Waals surface area contributed by atoms with Crippen molar-refractivity contribution in [2.24, 2.45) is 0 Å². The molecular formula is C65H50N2. The molecular weight excluding hydrogens is 809 g/mol. The average Bonchev–Trinajstić information content (AvgIpc) is 3.74. The van der Waals surface area contributed by atoms with E-state index >= 15 is 0 Å². The largest absolute Gasteiger partial charge is 0.309 e. The van der Waals surface area contributed by atoms with E-state index in [9.17, 15) is 0 Å². The van der Waals surface area contributed by atoms with E-state index in [1.165, 1.54) is 55.3 Å². The summed E-state index contributed by atoms with van der Waals surface area (Å²) in [6.07, 6.45) is 6.95. The van der Waals surface area contributed by atoms with Gasteiger partial charge < -0.3 is 4.57 Å². The Morgan fingerprint density at radius 2 is 0.746 bits per heavy atom. The van der Waals surface area contributed by atoms with Gasteiger partial charge in [-0.05, 0) is 130 Å². The SMILES string of the molecule is C=CC/C=C\C.c1ccc(-c2cccc(-c3cccc(-c4cc(-c5ccccc5)nc(-c5cccc(-n6c7ccc(-c8ccccc8)cc7c7cc(-c8ccccc8)ccc76)c5)c4)c3)c2)cc1. The third-order valence-electron chi connectivity index (χ3n) is 12.3. The van der Waals surface area contributed by atoms with E-state index in [-0.39, 0.29) is 0 Å². The van der Waals surface area contributed by atoms with Crippen LogP contribution in [-0.4, -0.2) is 9.55 Å². The Morgan fingerprint density at radius 3 is 1.21 bits per heavy atom. The van der Waals surface area contributed by atoms with Crippen molar-refractivity contribution >= 4 is 21.8 Å². The van der Waals surface area contributed by atoms with Crippen LogP contribution in [0.25, 0.3) is 106 Å². The van der Waals surface area contributed by atoms with Crippen LogP contribution >= 0.6 is 0 Å². The number of hydrogen-bond donors (Lipinski definition) is 0. The Labute approximate surface area is 394 Å². The number of rotatable bonds is 10. The fraction of sp³-hybridized carbons (Fsp3) is 0.0308. The normalized spacial score (nSPS) is 11.1. The standard InChI is InChI=1S/C59H40N2.C6H10/c1-5-16-41(17-6-1)45-24-13-25-46(34-45)47-26-14-27-48(35-47)52-39-56(44-22-11-4-12-23-44)60-57(40-52)51-28-15-29-53(36-51)61-58-32-30-49(42-18-7-2-8-19-42)37-54(58)55-38-50(31-33-59(55)61)43-20-9-3-10-21-43;1-3-5-6-4-2/h1-40H;3-4,6H,1,5H2,2H3/b;6-4-. The molecule has 0 aliphatic rings. The van der Waals surface area contributed by atoms with E-state index < -0.39 is 0 Å². The van der Waals surface area contributed by atoms with Crippen molar-refractivity contribution in [2.75, 3.05) is 0 Å². The quantitative estimate of drug-likeness (QED) is 0.125. The van der Waals surface area contributed by atoms with Gasteiger partial charge in [0.2, 0.25) is 0 Å². The second-order valence-electron chi connectivity index (χ2n) is 16.7. The van der Waals surface area contributed by atoms with Gasteiger partial charge in [-0.15, -0.1) is 6.58 Å². The summed E-state index contributed by atoms with van der Waals surface area (Å²) in [6.45, 7) is 5.55. The molecule has 67 heavy (non-hydrogen) atoms. The lowest BCUT2D eigenvalue weighted by atomic mass is 9.95. The van der Waals surface area contributed by atoms with Crippen LogP contribution in [0.3, 0.4) is 0 Å². The van der Waals surface area contributed by atoms with Crippen LogP contribution < -0.4 is 0 Å². The van der Waals surface area contributed by atoms with Crippen LogP contribution in [0.2, 0.25) is 0 Å². The minimum atomic E-state index is 0.924. The van der Waals surface area contributed by atoms with E-state index in [1.807, 2.05) is 19.1 Å². The molecule has 0 radical (unpaired) electrons. The summed E-state index contributed by atoms with van der Waals surface area (Å²) in [7, 11) is 0. The summed E-state index contributed by atoms with van der Waals surface area (Å²) in [5.41, 5.74) is 19.3. The second-order valence-corrected chi connectivity index (χ2v) is 16.7. The Hall–Kier alpha value is -8.59. The highest BCUT2D eigenvalue weighted by molar-refractivity contribution is 6.11. The van der Waals surface area contributed by atoms with Gasteiger partial charge in [0, 0.05) is 27.6 Å². The van der Waals surface area contributed by atoms with E-state index in [0.29, 0.717) is 0 Å². The maximum Gasteiger partial charge on any atom is 0.0716 e. The minimum Gasteiger partial charge on any atom is -0.309 e. The zero-order chi connectivity index (χ0) is 45.4. The average molecular weight is 859 g/mol. The second kappa shape index (κ2) is 19.7. The molecule has 0 spiro atoms. The molecule has 320 valence electrons. The first-order chi connectivity index (χ1) is 33.1. The monoisotopic (exact) mass is 858 g/mol. The Morgan fingerprint density at radius 1 is 0.358 bits per heavy atom. The Balaban J connectivity index is 0.000000823. The minimum absolute atomic E-state index is 0.924. The third kappa shape index (κ3) is 9.20. The van der Waals surface area contributed by atoms with Crippen molar-refractivity contribution in [2.45, 2.75) is 13.3 Å². The zero-order valence-electron chi connectivity index (χ0n) is 37.6. The predicted molar refractivity (Wildman–Crippen MR) is 286 cm³/mol. The Kier molecular flexibility index (Phi) is 12.4. The van der Waals surface area contributed by atoms with Gasteiger partial charge in [-0.2, -0.15) is 0 Å². The first-order valence-electron chi connectivity index (χ1n) is 23.0. The van der Waals surface area contributed by atoms with Crippen molar-refractivity contribution in [1.29, 1.82) is 0 Å². The molecule has 0 aliphatic heterocycles. The van der Waals surface area contributed by atoms with Crippen LogP contribution in [-0.2, 0) is 0 Å². The van der Waals surface area contributed by atoms with Crippen LogP contribution in [0, 0.1) is 0 Å². The first kappa shape index (κ1) is 42.4. The highest BCUT2D eigenvalue weighted by Crippen LogP contribution is 2.39. The molecule has 0 saturated carbocycles. The van der Waals surface area contributed by atoms with E-state index in [0.717, 1.165) is 56.8 Å². The van der Waals surface area contributed by atoms with E-state index in [2.05, 4.69) is 260 Å². The molecule has 0 fully saturated rings. The molecule has 0 atom stereocenters. The molecule has 0 amide bonds. The number of aromatic nitrogens is 2. The zero-order valence-corrected chi connectivity index (χ0v) is 37.6. The maximum absolute atomic E-state index is 5.35. The lowest BCUT2D eigenvalue weighted by Crippen LogP contribution is -1.96. The molecule has 9 aromatic carbocycles. The van der Waals surface area contributed by atoms with Crippen molar-refractivity contribution in [3.63, 3.8) is 0 Å². The van der Waals surface area contributed by atoms with Gasteiger partial charge in [-0.1, -0.05) is 200 Å². The van der Waals surface area contributed by atoms with Gasteiger partial charge in [0.05, 0.1) is 22.4 Å². The smallest absolute Gasteiger partial charge is 0.0716 e. The predicted octanol–water partition coefficient (Wildman–Crippen LogP) is 18.0. The number of pyridine rings is 1. The van der Waals surface area contributed by atoms with E-state index in [4.69, 9.17) is 4.98 Å². The fourth-order valence-corrected chi connectivity index (χ4v) is 8.95. The molecule has 2 aromatic heterocycles. The fourth-order valence-electron chi connectivity index (χ4n) is 8.95. The maximum atomic E-state index is 5.35. The molecule has 2 heteroatoms. The molecule has 0 aliphatic carbocycles. The molecule has 0 unspecified atom stereocenters. The van der Waals surface area contributed by atoms with Crippen molar-refractivity contribution in [3.8, 4) is 83.8 Å². The third-order valence-corrected chi connectivity index (χ3v) is 12.3. The molecule has 0 saturated heterocycles. The molecule has 0 bridgehead atoms. The molecule has 2 nitrogen and oxygen atoms in total. The molecule has 11 aromatic rings. The van der Waals surface area contributed by atoms with Gasteiger partial charge in [-0.25, -0.2) is 4.98 Å². The topological polar surface area (TPSA) is 17.8 Å². The number of fused-ring (bicyclic) bond motifs is 3. The first-order valence-corrected chi connectivity index (χ1v) is 23.0. The summed E-state index contributed by atoms with van der Waals surface area (Å²) >= 11 is 0. The van der Waals surface area contributed by atoms with Crippen LogP contribution in [0.15, 0.2) is 267 Å². The molecule has 0 N–H and O–H groups in total. The number of allylic oxidation sites excluding steroid dienone is 3. The van der Waals surface area contributed by atoms with Crippen molar-refractivity contribution in [3.05, 3.63) is 267 Å². The van der Waals surface area contributed by atoms with Gasteiger partial charge in [0.15, 0.2) is 0 Å². The number of benzene rings is 9. The molecule has 2 heterocycles. The highest BCUT2D eigenvalue weighted by Gasteiger charge is 2.17. The van der Waals surface area contributed by atoms with Gasteiger partial charge in [-0.3, -0.25) is 0 Å². The summed E-state index contributed by atoms with van der Waals surface area (Å²) < 4.78 is 2.41. The van der Waals surface area contributed by atoms with Crippen LogP contribution in [0.5, 0.6) is 0 Å². The van der Waals surface area contributed by atoms with Crippen LogP contribution in [0.4, 0.5) is 0 Å². The van der Waals surface area contributed by atoms with Crippen molar-refractivity contribution < 1.29 is 0 Å². The van der Waals surface area contributed by atoms with Gasteiger partial charge in [0.25, 0.3) is 0 Å². The van der Waals surface area contributed by atoms with Gasteiger partial charge in [0.1, 0.15) is 0 Å². The van der Waals surface area contributed by atoms with Gasteiger partial charge >= 0.3 is 0 Å². The number of hydrogen-bond acceptors (Lipinski definition) is 1. The lowest BCUT2D eigenvalue weighted by Gasteiger charge is -2.14. The number of nitrogens with zero attached hydrogens (tertiary/aromatic N) is 2. The summed E-state index contributed by atoms with van der Waals surface area (Å²) in [5.74, 6) is 0. The summed E-state index contributed by atoms with van der Waals surface area (Å²) in [6, 6.07) is 87.2. The summed E-state index contributed by atoms with van der Waals surface area (Å²) in [5, 5.41) is 2.44. The van der Waals surface area contributed by atoms with Crippen LogP contribution in [0.1, 0.15) is 13.3 Å². The highest BCUT2D eigenvalue weighted by atomic mass is 15.0. The summed E-state index contributed by atoms with van der Waals surface area (Å²) in [4.78, 5) is 5.35. The van der Waals surface area contributed by atoms with E-state index in [1.54, 1.807) is 0 Å². The lowest BCUT2D eigenvalue weighted by molar-refractivity contribution is 1.18. The van der Waals surface area contributed by atoms with Crippen molar-refractivity contribution in [1.82, 2.24) is 9.55 Å². The molecule has 11 rings (SSSR count).